The number of nitro groups is 1. The third-order valence-electron chi connectivity index (χ3n) is 2.54. The fourth-order valence-corrected chi connectivity index (χ4v) is 1.58. The van der Waals surface area contributed by atoms with Gasteiger partial charge >= 0.3 is 5.97 Å². The number of rotatable bonds is 6. The highest BCUT2D eigenvalue weighted by molar-refractivity contribution is 6.00. The molecule has 106 valence electrons. The van der Waals surface area contributed by atoms with Gasteiger partial charge in [-0.15, -0.1) is 6.58 Å². The molecule has 20 heavy (non-hydrogen) atoms. The number of carbonyl (C=O) groups excluding carboxylic acids is 2. The molecule has 1 N–H and O–H groups in total. The van der Waals surface area contributed by atoms with Crippen LogP contribution in [0.1, 0.15) is 16.8 Å². The summed E-state index contributed by atoms with van der Waals surface area (Å²) in [6.45, 7) is 3.48. The summed E-state index contributed by atoms with van der Waals surface area (Å²) in [4.78, 5) is 33.7. The minimum atomic E-state index is -0.926. The average molecular weight is 278 g/mol. The first-order valence-corrected chi connectivity index (χ1v) is 5.74. The van der Waals surface area contributed by atoms with E-state index < -0.39 is 22.8 Å². The van der Waals surface area contributed by atoms with Crippen LogP contribution >= 0.6 is 0 Å². The van der Waals surface area contributed by atoms with E-state index in [1.54, 1.807) is 0 Å². The molecule has 0 aliphatic rings. The maximum atomic E-state index is 12.0. The largest absolute Gasteiger partial charge is 0.467 e. The number of methoxy groups -OCH3 is 1. The lowest BCUT2D eigenvalue weighted by Gasteiger charge is -2.14. The minimum Gasteiger partial charge on any atom is -0.467 e. The molecule has 1 aromatic carbocycles. The number of esters is 1. The number of carbonyl (C=O) groups is 2. The quantitative estimate of drug-likeness (QED) is 0.367. The Kier molecular flexibility index (Phi) is 5.40. The highest BCUT2D eigenvalue weighted by Gasteiger charge is 2.25. The molecule has 7 nitrogen and oxygen atoms in total. The molecule has 1 unspecified atom stereocenters. The topological polar surface area (TPSA) is 98.5 Å². The van der Waals surface area contributed by atoms with Crippen molar-refractivity contribution in [1.82, 2.24) is 5.32 Å². The number of nitro benzene ring substituents is 1. The van der Waals surface area contributed by atoms with Gasteiger partial charge < -0.3 is 10.1 Å². The Hall–Kier alpha value is -2.70. The van der Waals surface area contributed by atoms with Crippen molar-refractivity contribution in [3.05, 3.63) is 52.6 Å². The van der Waals surface area contributed by atoms with Crippen LogP contribution in [-0.2, 0) is 9.53 Å². The molecule has 0 radical (unpaired) electrons. The van der Waals surface area contributed by atoms with Gasteiger partial charge in [0.15, 0.2) is 0 Å². The van der Waals surface area contributed by atoms with Gasteiger partial charge in [0, 0.05) is 6.07 Å². The molecule has 0 aliphatic carbocycles. The van der Waals surface area contributed by atoms with Crippen molar-refractivity contribution in [3.63, 3.8) is 0 Å². The molecule has 0 aliphatic heterocycles. The van der Waals surface area contributed by atoms with Gasteiger partial charge in [-0.2, -0.15) is 0 Å². The summed E-state index contributed by atoms with van der Waals surface area (Å²) < 4.78 is 4.54. The fraction of sp³-hybridized carbons (Fsp3) is 0.231. The van der Waals surface area contributed by atoms with Crippen molar-refractivity contribution in [1.29, 1.82) is 0 Å². The second-order valence-electron chi connectivity index (χ2n) is 3.85. The summed E-state index contributed by atoms with van der Waals surface area (Å²) in [6, 6.07) is 4.56. The second kappa shape index (κ2) is 7.03. The third kappa shape index (κ3) is 3.64. The van der Waals surface area contributed by atoms with Crippen molar-refractivity contribution in [2.24, 2.45) is 0 Å². The van der Waals surface area contributed by atoms with E-state index in [1.165, 1.54) is 37.5 Å². The molecule has 1 atom stereocenters. The smallest absolute Gasteiger partial charge is 0.328 e. The third-order valence-corrected chi connectivity index (χ3v) is 2.54. The van der Waals surface area contributed by atoms with Crippen molar-refractivity contribution in [2.75, 3.05) is 7.11 Å². The average Bonchev–Trinajstić information content (AvgIpc) is 2.45. The zero-order valence-corrected chi connectivity index (χ0v) is 10.9. The zero-order valence-electron chi connectivity index (χ0n) is 10.9. The Balaban J connectivity index is 2.97. The molecule has 0 heterocycles. The summed E-state index contributed by atoms with van der Waals surface area (Å²) >= 11 is 0. The highest BCUT2D eigenvalue weighted by Crippen LogP contribution is 2.17. The van der Waals surface area contributed by atoms with Gasteiger partial charge in [-0.1, -0.05) is 18.2 Å². The van der Waals surface area contributed by atoms with Gasteiger partial charge in [0.25, 0.3) is 11.6 Å². The van der Waals surface area contributed by atoms with E-state index in [0.29, 0.717) is 0 Å². The van der Waals surface area contributed by atoms with E-state index in [1.807, 2.05) is 0 Å². The van der Waals surface area contributed by atoms with E-state index >= 15 is 0 Å². The summed E-state index contributed by atoms with van der Waals surface area (Å²) in [7, 11) is 1.19. The minimum absolute atomic E-state index is 0.115. The molecule has 0 saturated carbocycles. The number of hydrogen-bond donors (Lipinski definition) is 1. The summed E-state index contributed by atoms with van der Waals surface area (Å²) in [6.07, 6.45) is 1.61. The molecule has 1 aromatic rings. The maximum Gasteiger partial charge on any atom is 0.328 e. The van der Waals surface area contributed by atoms with Gasteiger partial charge in [0.05, 0.1) is 12.0 Å². The van der Waals surface area contributed by atoms with Gasteiger partial charge in [-0.3, -0.25) is 14.9 Å². The van der Waals surface area contributed by atoms with Crippen LogP contribution in [0.5, 0.6) is 0 Å². The monoisotopic (exact) mass is 278 g/mol. The summed E-state index contributed by atoms with van der Waals surface area (Å²) in [5, 5.41) is 13.2. The lowest BCUT2D eigenvalue weighted by molar-refractivity contribution is -0.385. The van der Waals surface area contributed by atoms with Crippen molar-refractivity contribution in [3.8, 4) is 0 Å². The lowest BCUT2D eigenvalue weighted by Crippen LogP contribution is -2.41. The first kappa shape index (κ1) is 15.4. The molecule has 1 rings (SSSR count). The normalized spacial score (nSPS) is 11.2. The lowest BCUT2D eigenvalue weighted by atomic mass is 10.1. The number of nitrogens with zero attached hydrogens (tertiary/aromatic N) is 1. The van der Waals surface area contributed by atoms with Crippen LogP contribution in [0.25, 0.3) is 0 Å². The van der Waals surface area contributed by atoms with Crippen LogP contribution in [0.15, 0.2) is 36.9 Å². The van der Waals surface area contributed by atoms with Crippen LogP contribution in [-0.4, -0.2) is 30.0 Å². The predicted molar refractivity (Wildman–Crippen MR) is 71.2 cm³/mol. The van der Waals surface area contributed by atoms with E-state index in [4.69, 9.17) is 0 Å². The summed E-state index contributed by atoms with van der Waals surface area (Å²) in [5.74, 6) is -1.36. The molecule has 0 fully saturated rings. The maximum absolute atomic E-state index is 12.0. The van der Waals surface area contributed by atoms with Gasteiger partial charge in [0.2, 0.25) is 0 Å². The van der Waals surface area contributed by atoms with E-state index in [9.17, 15) is 19.7 Å². The molecule has 0 aromatic heterocycles. The van der Waals surface area contributed by atoms with Crippen LogP contribution in [0, 0.1) is 10.1 Å². The Labute approximate surface area is 115 Å². The van der Waals surface area contributed by atoms with Gasteiger partial charge in [-0.25, -0.2) is 4.79 Å². The Morgan fingerprint density at radius 3 is 2.70 bits per heavy atom. The van der Waals surface area contributed by atoms with Crippen LogP contribution < -0.4 is 5.32 Å². The number of amides is 1. The van der Waals surface area contributed by atoms with E-state index in [2.05, 4.69) is 16.6 Å². The number of benzene rings is 1. The van der Waals surface area contributed by atoms with Crippen LogP contribution in [0.2, 0.25) is 0 Å². The van der Waals surface area contributed by atoms with Crippen LogP contribution in [0.4, 0.5) is 5.69 Å². The van der Waals surface area contributed by atoms with Gasteiger partial charge in [0.1, 0.15) is 11.6 Å². The number of ether oxygens (including phenoxy) is 1. The molecule has 0 saturated heterocycles. The SMILES string of the molecule is C=CCC(NC(=O)c1ccccc1[N+](=O)[O-])C(=O)OC. The first-order chi connectivity index (χ1) is 9.51. The van der Waals surface area contributed by atoms with Crippen molar-refractivity contribution < 1.29 is 19.2 Å². The number of hydrogen-bond acceptors (Lipinski definition) is 5. The first-order valence-electron chi connectivity index (χ1n) is 5.74. The van der Waals surface area contributed by atoms with Crippen LogP contribution in [0.3, 0.4) is 0 Å². The van der Waals surface area contributed by atoms with Gasteiger partial charge in [-0.05, 0) is 12.5 Å². The zero-order chi connectivity index (χ0) is 15.1. The molecule has 7 heteroatoms. The molecule has 0 bridgehead atoms. The molecule has 0 spiro atoms. The van der Waals surface area contributed by atoms with E-state index in [0.717, 1.165) is 0 Å². The van der Waals surface area contributed by atoms with E-state index in [-0.39, 0.29) is 17.7 Å². The molecular formula is C13H14N2O5. The number of para-hydroxylation sites is 1. The standard InChI is InChI=1S/C13H14N2O5/c1-3-6-10(13(17)20-2)14-12(16)9-7-4-5-8-11(9)15(18)19/h3-5,7-8,10H,1,6H2,2H3,(H,14,16). The second-order valence-corrected chi connectivity index (χ2v) is 3.85. The van der Waals surface area contributed by atoms with Crippen molar-refractivity contribution in [2.45, 2.75) is 12.5 Å². The van der Waals surface area contributed by atoms with Crippen molar-refractivity contribution >= 4 is 17.6 Å². The Bertz CT molecular complexity index is 541. The fourth-order valence-electron chi connectivity index (χ4n) is 1.58. The summed E-state index contributed by atoms with van der Waals surface area (Å²) in [5.41, 5.74) is -0.442. The predicted octanol–water partition coefficient (Wildman–Crippen LogP) is 1.44. The number of nitrogens with one attached hydrogen (secondary N) is 1. The Morgan fingerprint density at radius 2 is 2.15 bits per heavy atom. The highest BCUT2D eigenvalue weighted by atomic mass is 16.6. The molecule has 1 amide bonds. The Morgan fingerprint density at radius 1 is 1.50 bits per heavy atom. The molecular weight excluding hydrogens is 264 g/mol.